The minimum Gasteiger partial charge on any atom is -0.384 e. The van der Waals surface area contributed by atoms with Crippen molar-refractivity contribution < 1.29 is 4.74 Å². The van der Waals surface area contributed by atoms with Crippen molar-refractivity contribution in [2.75, 3.05) is 18.2 Å². The molecule has 1 heterocycles. The van der Waals surface area contributed by atoms with Crippen molar-refractivity contribution in [1.29, 1.82) is 0 Å². The Balaban J connectivity index is 2.16. The highest BCUT2D eigenvalue weighted by atomic mass is 16.5. The number of hydrogen-bond acceptors (Lipinski definition) is 5. The Morgan fingerprint density at radius 2 is 1.89 bits per heavy atom. The lowest BCUT2D eigenvalue weighted by atomic mass is 10.0. The molecule has 18 heavy (non-hydrogen) atoms. The molecule has 0 amide bonds. The van der Waals surface area contributed by atoms with Gasteiger partial charge in [-0.25, -0.2) is 9.97 Å². The largest absolute Gasteiger partial charge is 0.384 e. The molecule has 5 heteroatoms. The van der Waals surface area contributed by atoms with Crippen molar-refractivity contribution in [3.63, 3.8) is 0 Å². The molecule has 0 atom stereocenters. The fourth-order valence-electron chi connectivity index (χ4n) is 2.49. The van der Waals surface area contributed by atoms with Crippen LogP contribution in [-0.2, 0) is 11.3 Å². The van der Waals surface area contributed by atoms with Gasteiger partial charge in [0.25, 0.3) is 0 Å². The Morgan fingerprint density at radius 3 is 2.39 bits per heavy atom. The third-order valence-electron chi connectivity index (χ3n) is 4.38. The van der Waals surface area contributed by atoms with Crippen LogP contribution in [0.4, 0.5) is 11.6 Å². The van der Waals surface area contributed by atoms with E-state index in [0.717, 1.165) is 5.82 Å². The summed E-state index contributed by atoms with van der Waals surface area (Å²) in [4.78, 5) is 8.53. The zero-order valence-corrected chi connectivity index (χ0v) is 11.7. The van der Waals surface area contributed by atoms with E-state index >= 15 is 0 Å². The summed E-state index contributed by atoms with van der Waals surface area (Å²) in [6.45, 7) is 9.39. The molecule has 1 fully saturated rings. The van der Waals surface area contributed by atoms with E-state index in [4.69, 9.17) is 10.5 Å². The average Bonchev–Trinajstić information content (AvgIpc) is 2.60. The molecule has 1 aliphatic carbocycles. The molecule has 1 saturated carbocycles. The maximum absolute atomic E-state index is 5.77. The number of aromatic nitrogens is 2. The van der Waals surface area contributed by atoms with Gasteiger partial charge in [-0.3, -0.25) is 0 Å². The average molecular weight is 250 g/mol. The highest BCUT2D eigenvalue weighted by Gasteiger charge is 2.65. The zero-order valence-electron chi connectivity index (χ0n) is 11.7. The normalized spacial score (nSPS) is 20.7. The SMILES string of the molecule is COCc1nc(N)cc(NC2C(C)(C)C2(C)C)n1. The van der Waals surface area contributed by atoms with Gasteiger partial charge in [0.15, 0.2) is 5.82 Å². The molecule has 1 aliphatic rings. The first-order chi connectivity index (χ1) is 8.29. The summed E-state index contributed by atoms with van der Waals surface area (Å²) in [6.07, 6.45) is 0. The quantitative estimate of drug-likeness (QED) is 0.855. The van der Waals surface area contributed by atoms with E-state index in [-0.39, 0.29) is 10.8 Å². The van der Waals surface area contributed by atoms with Crippen molar-refractivity contribution >= 4 is 11.6 Å². The molecule has 0 bridgehead atoms. The van der Waals surface area contributed by atoms with Gasteiger partial charge >= 0.3 is 0 Å². The lowest BCUT2D eigenvalue weighted by Gasteiger charge is -2.09. The number of nitrogens with zero attached hydrogens (tertiary/aromatic N) is 2. The topological polar surface area (TPSA) is 73.1 Å². The molecule has 3 N–H and O–H groups in total. The second kappa shape index (κ2) is 4.09. The first-order valence-electron chi connectivity index (χ1n) is 6.18. The van der Waals surface area contributed by atoms with E-state index in [1.807, 2.05) is 0 Å². The molecule has 0 unspecified atom stereocenters. The molecule has 5 nitrogen and oxygen atoms in total. The number of nitrogens with two attached hydrogens (primary N) is 1. The van der Waals surface area contributed by atoms with E-state index in [1.165, 1.54) is 0 Å². The number of rotatable bonds is 4. The summed E-state index contributed by atoms with van der Waals surface area (Å²) < 4.78 is 5.03. The van der Waals surface area contributed by atoms with Crippen LogP contribution >= 0.6 is 0 Å². The first-order valence-corrected chi connectivity index (χ1v) is 6.18. The maximum Gasteiger partial charge on any atom is 0.158 e. The van der Waals surface area contributed by atoms with Crippen molar-refractivity contribution in [2.24, 2.45) is 10.8 Å². The Kier molecular flexibility index (Phi) is 2.97. The third kappa shape index (κ3) is 2.03. The predicted octanol–water partition coefficient (Wildman–Crippen LogP) is 2.05. The van der Waals surface area contributed by atoms with Crippen LogP contribution in [0.3, 0.4) is 0 Å². The number of nitrogen functional groups attached to an aromatic ring is 1. The van der Waals surface area contributed by atoms with Gasteiger partial charge in [0, 0.05) is 19.2 Å². The Bertz CT molecular complexity index is 442. The van der Waals surface area contributed by atoms with Gasteiger partial charge in [-0.2, -0.15) is 0 Å². The molecule has 0 aromatic carbocycles. The minimum atomic E-state index is 0.258. The molecule has 0 radical (unpaired) electrons. The highest BCUT2D eigenvalue weighted by molar-refractivity contribution is 5.48. The Hall–Kier alpha value is -1.36. The van der Waals surface area contributed by atoms with Crippen molar-refractivity contribution in [1.82, 2.24) is 9.97 Å². The molecule has 0 aliphatic heterocycles. The van der Waals surface area contributed by atoms with Gasteiger partial charge in [0.05, 0.1) is 0 Å². The number of anilines is 2. The van der Waals surface area contributed by atoms with Crippen molar-refractivity contribution in [3.8, 4) is 0 Å². The van der Waals surface area contributed by atoms with E-state index in [0.29, 0.717) is 24.3 Å². The second-order valence-electron chi connectivity index (χ2n) is 6.05. The second-order valence-corrected chi connectivity index (χ2v) is 6.05. The summed E-state index contributed by atoms with van der Waals surface area (Å²) >= 11 is 0. The number of methoxy groups -OCH3 is 1. The van der Waals surface area contributed by atoms with E-state index in [1.54, 1.807) is 13.2 Å². The van der Waals surface area contributed by atoms with Gasteiger partial charge in [-0.15, -0.1) is 0 Å². The van der Waals surface area contributed by atoms with Crippen LogP contribution in [0.15, 0.2) is 6.07 Å². The summed E-state index contributed by atoms with van der Waals surface area (Å²) in [6, 6.07) is 2.17. The minimum absolute atomic E-state index is 0.258. The maximum atomic E-state index is 5.77. The van der Waals surface area contributed by atoms with Crippen LogP contribution < -0.4 is 11.1 Å². The predicted molar refractivity (Wildman–Crippen MR) is 72.1 cm³/mol. The van der Waals surface area contributed by atoms with Gasteiger partial charge in [0.2, 0.25) is 0 Å². The first kappa shape index (κ1) is 13.1. The fraction of sp³-hybridized carbons (Fsp3) is 0.692. The molecule has 0 spiro atoms. The van der Waals surface area contributed by atoms with Crippen LogP contribution in [0.1, 0.15) is 33.5 Å². The standard InChI is InChI=1S/C13H22N4O/c1-12(2)11(13(12,3)4)17-9-6-8(14)15-10(16-9)7-18-5/h6,11H,7H2,1-5H3,(H3,14,15,16,17). The highest BCUT2D eigenvalue weighted by Crippen LogP contribution is 2.63. The summed E-state index contributed by atoms with van der Waals surface area (Å²) in [7, 11) is 1.62. The zero-order chi connectivity index (χ0) is 13.6. The van der Waals surface area contributed by atoms with Crippen LogP contribution in [0.2, 0.25) is 0 Å². The number of hydrogen-bond donors (Lipinski definition) is 2. The van der Waals surface area contributed by atoms with Crippen molar-refractivity contribution in [3.05, 3.63) is 11.9 Å². The Morgan fingerprint density at radius 1 is 1.28 bits per heavy atom. The number of ether oxygens (including phenoxy) is 1. The molecule has 1 aromatic heterocycles. The van der Waals surface area contributed by atoms with Gasteiger partial charge in [0.1, 0.15) is 18.2 Å². The molecule has 0 saturated heterocycles. The fourth-order valence-corrected chi connectivity index (χ4v) is 2.49. The smallest absolute Gasteiger partial charge is 0.158 e. The molecule has 1 aromatic rings. The van der Waals surface area contributed by atoms with Crippen molar-refractivity contribution in [2.45, 2.75) is 40.3 Å². The summed E-state index contributed by atoms with van der Waals surface area (Å²) in [5.74, 6) is 1.85. The molecule has 100 valence electrons. The van der Waals surface area contributed by atoms with Crippen LogP contribution in [0, 0.1) is 10.8 Å². The number of nitrogens with one attached hydrogen (secondary N) is 1. The molecule has 2 rings (SSSR count). The van der Waals surface area contributed by atoms with Gasteiger partial charge in [-0.1, -0.05) is 27.7 Å². The van der Waals surface area contributed by atoms with Gasteiger partial charge < -0.3 is 15.8 Å². The van der Waals surface area contributed by atoms with Gasteiger partial charge in [-0.05, 0) is 10.8 Å². The lowest BCUT2D eigenvalue weighted by Crippen LogP contribution is -2.13. The summed E-state index contributed by atoms with van der Waals surface area (Å²) in [5, 5.41) is 3.45. The van der Waals surface area contributed by atoms with E-state index in [2.05, 4.69) is 43.0 Å². The van der Waals surface area contributed by atoms with Crippen LogP contribution in [-0.4, -0.2) is 23.1 Å². The van der Waals surface area contributed by atoms with Crippen LogP contribution in [0.25, 0.3) is 0 Å². The third-order valence-corrected chi connectivity index (χ3v) is 4.38. The van der Waals surface area contributed by atoms with Crippen LogP contribution in [0.5, 0.6) is 0 Å². The molecular weight excluding hydrogens is 228 g/mol. The lowest BCUT2D eigenvalue weighted by molar-refractivity contribution is 0.178. The van der Waals surface area contributed by atoms with E-state index < -0.39 is 0 Å². The summed E-state index contributed by atoms with van der Waals surface area (Å²) in [5.41, 5.74) is 6.29. The Labute approximate surface area is 108 Å². The van der Waals surface area contributed by atoms with E-state index in [9.17, 15) is 0 Å². The molecular formula is C13H22N4O. The monoisotopic (exact) mass is 250 g/mol.